The Morgan fingerprint density at radius 2 is 2.00 bits per heavy atom. The van der Waals surface area contributed by atoms with E-state index in [9.17, 15) is 8.78 Å². The molecule has 1 rings (SSSR count). The monoisotopic (exact) mass is 173 g/mol. The molecule has 0 aromatic heterocycles. The van der Waals surface area contributed by atoms with Crippen LogP contribution in [-0.2, 0) is 0 Å². The summed E-state index contributed by atoms with van der Waals surface area (Å²) in [6.45, 7) is 0. The van der Waals surface area contributed by atoms with Crippen molar-refractivity contribution in [3.63, 3.8) is 0 Å². The van der Waals surface area contributed by atoms with Crippen molar-refractivity contribution >= 4 is 6.21 Å². The summed E-state index contributed by atoms with van der Waals surface area (Å²) in [4.78, 5) is 0. The minimum absolute atomic E-state index is 0.572. The number of hydrogen-bond donors (Lipinski definition) is 2. The van der Waals surface area contributed by atoms with Crippen molar-refractivity contribution in [2.45, 2.75) is 0 Å². The van der Waals surface area contributed by atoms with Crippen molar-refractivity contribution in [3.8, 4) is 5.75 Å². The molecule has 2 N–H and O–H groups in total. The Kier molecular flexibility index (Phi) is 2.23. The summed E-state index contributed by atoms with van der Waals surface area (Å²) in [7, 11) is 0. The second-order valence-corrected chi connectivity index (χ2v) is 2.04. The molecular formula is C7H5F2NO2. The molecule has 1 aromatic carbocycles. The van der Waals surface area contributed by atoms with E-state index in [1.807, 2.05) is 0 Å². The average molecular weight is 173 g/mol. The topological polar surface area (TPSA) is 52.8 Å². The van der Waals surface area contributed by atoms with Gasteiger partial charge in [0, 0.05) is 0 Å². The van der Waals surface area contributed by atoms with Gasteiger partial charge in [-0.05, 0) is 12.1 Å². The molecule has 0 unspecified atom stereocenters. The van der Waals surface area contributed by atoms with Gasteiger partial charge in [-0.3, -0.25) is 0 Å². The highest BCUT2D eigenvalue weighted by Gasteiger charge is 2.10. The molecular weight excluding hydrogens is 168 g/mol. The predicted octanol–water partition coefficient (Wildman–Crippen LogP) is 1.48. The molecule has 0 fully saturated rings. The zero-order valence-corrected chi connectivity index (χ0v) is 5.83. The van der Waals surface area contributed by atoms with Gasteiger partial charge in [-0.2, -0.15) is 0 Å². The zero-order chi connectivity index (χ0) is 9.14. The van der Waals surface area contributed by atoms with Crippen molar-refractivity contribution < 1.29 is 19.1 Å². The summed E-state index contributed by atoms with van der Waals surface area (Å²) in [6, 6.07) is 1.74. The van der Waals surface area contributed by atoms with E-state index in [0.717, 1.165) is 12.1 Å². The molecule has 3 nitrogen and oxygen atoms in total. The summed E-state index contributed by atoms with van der Waals surface area (Å²) in [5, 5.41) is 19.2. The molecule has 0 saturated carbocycles. The lowest BCUT2D eigenvalue weighted by Crippen LogP contribution is -1.93. The Labute approximate surface area is 66.6 Å². The van der Waals surface area contributed by atoms with Crippen LogP contribution in [0.25, 0.3) is 0 Å². The number of aromatic hydroxyl groups is 1. The maximum Gasteiger partial charge on any atom is 0.176 e. The number of phenols is 1. The lowest BCUT2D eigenvalue weighted by atomic mass is 10.2. The van der Waals surface area contributed by atoms with E-state index in [1.165, 1.54) is 0 Å². The maximum atomic E-state index is 12.8. The SMILES string of the molecule is O/N=C/c1c(F)ccc(O)c1F. The normalized spacial score (nSPS) is 10.8. The Balaban J connectivity index is 3.32. The zero-order valence-electron chi connectivity index (χ0n) is 5.83. The fourth-order valence-corrected chi connectivity index (χ4v) is 0.734. The fourth-order valence-electron chi connectivity index (χ4n) is 0.734. The molecule has 0 bridgehead atoms. The minimum Gasteiger partial charge on any atom is -0.505 e. The number of phenolic OH excluding ortho intramolecular Hbond substituents is 1. The van der Waals surface area contributed by atoms with Gasteiger partial charge in [0.25, 0.3) is 0 Å². The van der Waals surface area contributed by atoms with Crippen molar-refractivity contribution in [1.82, 2.24) is 0 Å². The lowest BCUT2D eigenvalue weighted by Gasteiger charge is -1.99. The Morgan fingerprint density at radius 3 is 2.58 bits per heavy atom. The molecule has 0 radical (unpaired) electrons. The van der Waals surface area contributed by atoms with Crippen molar-refractivity contribution in [1.29, 1.82) is 0 Å². The number of rotatable bonds is 1. The molecule has 64 valence electrons. The smallest absolute Gasteiger partial charge is 0.176 e. The highest BCUT2D eigenvalue weighted by atomic mass is 19.1. The van der Waals surface area contributed by atoms with E-state index >= 15 is 0 Å². The third-order valence-electron chi connectivity index (χ3n) is 1.29. The number of nitrogens with zero attached hydrogens (tertiary/aromatic N) is 1. The Hall–Kier alpha value is -1.65. The lowest BCUT2D eigenvalue weighted by molar-refractivity contribution is 0.321. The van der Waals surface area contributed by atoms with Crippen LogP contribution in [0.1, 0.15) is 5.56 Å². The van der Waals surface area contributed by atoms with Crippen LogP contribution in [0.2, 0.25) is 0 Å². The minimum atomic E-state index is -1.15. The van der Waals surface area contributed by atoms with E-state index in [2.05, 4.69) is 5.16 Å². The molecule has 0 aliphatic rings. The van der Waals surface area contributed by atoms with Crippen molar-refractivity contribution in [3.05, 3.63) is 29.3 Å². The largest absolute Gasteiger partial charge is 0.505 e. The van der Waals surface area contributed by atoms with Crippen LogP contribution in [0.5, 0.6) is 5.75 Å². The third-order valence-corrected chi connectivity index (χ3v) is 1.29. The van der Waals surface area contributed by atoms with Crippen LogP contribution in [0.3, 0.4) is 0 Å². The van der Waals surface area contributed by atoms with Crippen LogP contribution in [0, 0.1) is 11.6 Å². The molecule has 0 saturated heterocycles. The Morgan fingerprint density at radius 1 is 1.33 bits per heavy atom. The van der Waals surface area contributed by atoms with Crippen LogP contribution in [-0.4, -0.2) is 16.5 Å². The molecule has 1 aromatic rings. The highest BCUT2D eigenvalue weighted by Crippen LogP contribution is 2.19. The second-order valence-electron chi connectivity index (χ2n) is 2.04. The molecule has 0 atom stereocenters. The highest BCUT2D eigenvalue weighted by molar-refractivity contribution is 5.80. The van der Waals surface area contributed by atoms with Gasteiger partial charge in [0.2, 0.25) is 0 Å². The van der Waals surface area contributed by atoms with Gasteiger partial charge < -0.3 is 10.3 Å². The molecule has 0 amide bonds. The first-order chi connectivity index (χ1) is 5.66. The van der Waals surface area contributed by atoms with Gasteiger partial charge in [0.1, 0.15) is 5.82 Å². The average Bonchev–Trinajstić information content (AvgIpc) is 2.06. The number of oxime groups is 1. The van der Waals surface area contributed by atoms with E-state index < -0.39 is 22.9 Å². The van der Waals surface area contributed by atoms with Gasteiger partial charge in [0.05, 0.1) is 11.8 Å². The summed E-state index contributed by atoms with van der Waals surface area (Å²) >= 11 is 0. The van der Waals surface area contributed by atoms with Crippen molar-refractivity contribution in [2.75, 3.05) is 0 Å². The summed E-state index contributed by atoms with van der Waals surface area (Å²) in [5.74, 6) is -2.73. The van der Waals surface area contributed by atoms with E-state index in [-0.39, 0.29) is 0 Å². The number of benzene rings is 1. The molecule has 0 spiro atoms. The molecule has 0 aliphatic carbocycles. The van der Waals surface area contributed by atoms with Crippen LogP contribution in [0.15, 0.2) is 17.3 Å². The molecule has 5 heteroatoms. The van der Waals surface area contributed by atoms with Crippen LogP contribution >= 0.6 is 0 Å². The van der Waals surface area contributed by atoms with Crippen LogP contribution in [0.4, 0.5) is 8.78 Å². The molecule has 12 heavy (non-hydrogen) atoms. The van der Waals surface area contributed by atoms with Gasteiger partial charge in [-0.1, -0.05) is 5.16 Å². The first-order valence-electron chi connectivity index (χ1n) is 3.01. The fraction of sp³-hybridized carbons (Fsp3) is 0. The summed E-state index contributed by atoms with van der Waals surface area (Å²) in [5.41, 5.74) is -0.572. The molecule has 0 aliphatic heterocycles. The van der Waals surface area contributed by atoms with Gasteiger partial charge in [-0.15, -0.1) is 0 Å². The maximum absolute atomic E-state index is 12.8. The van der Waals surface area contributed by atoms with E-state index in [4.69, 9.17) is 10.3 Å². The molecule has 0 heterocycles. The quantitative estimate of drug-likeness (QED) is 0.384. The summed E-state index contributed by atoms with van der Waals surface area (Å²) in [6.07, 6.45) is 0.574. The second kappa shape index (κ2) is 3.17. The first-order valence-corrected chi connectivity index (χ1v) is 3.01. The Bertz CT molecular complexity index is 325. The standard InChI is InChI=1S/C7H5F2NO2/c8-5-1-2-6(11)7(9)4(5)3-10-12/h1-3,11-12H/b10-3+. The summed E-state index contributed by atoms with van der Waals surface area (Å²) < 4.78 is 25.4. The van der Waals surface area contributed by atoms with Crippen LogP contribution < -0.4 is 0 Å². The van der Waals surface area contributed by atoms with Crippen molar-refractivity contribution in [2.24, 2.45) is 5.16 Å². The number of hydrogen-bond acceptors (Lipinski definition) is 3. The van der Waals surface area contributed by atoms with Gasteiger partial charge >= 0.3 is 0 Å². The third kappa shape index (κ3) is 1.34. The van der Waals surface area contributed by atoms with Gasteiger partial charge in [0.15, 0.2) is 11.6 Å². The first kappa shape index (κ1) is 8.45. The van der Waals surface area contributed by atoms with Gasteiger partial charge in [-0.25, -0.2) is 8.78 Å². The predicted molar refractivity (Wildman–Crippen MR) is 37.4 cm³/mol. The van der Waals surface area contributed by atoms with E-state index in [0.29, 0.717) is 6.21 Å². The number of halogens is 2. The van der Waals surface area contributed by atoms with E-state index in [1.54, 1.807) is 0 Å².